The zero-order chi connectivity index (χ0) is 20.3. The van der Waals surface area contributed by atoms with Crippen LogP contribution in [-0.4, -0.2) is 11.2 Å². The lowest BCUT2D eigenvalue weighted by Crippen LogP contribution is -2.11. The standard InChI is InChI=1S/C26H24O3S/c27-26(28-20-15-14-18-8-4-5-9-19(18)16-20)25-23(17-30-21-10-2-1-3-11-21)22-12-6-7-13-24(22)29-25/h4-9,12-16,21H,1-3,10-11,17H2. The minimum Gasteiger partial charge on any atom is -0.449 e. The molecule has 1 saturated carbocycles. The fraction of sp³-hybridized carbons (Fsp3) is 0.269. The van der Waals surface area contributed by atoms with Crippen molar-refractivity contribution >= 4 is 39.5 Å². The van der Waals surface area contributed by atoms with E-state index in [4.69, 9.17) is 9.15 Å². The molecular formula is C26H24O3S. The van der Waals surface area contributed by atoms with Gasteiger partial charge in [-0.25, -0.2) is 4.79 Å². The first-order valence-electron chi connectivity index (χ1n) is 10.6. The molecule has 152 valence electrons. The van der Waals surface area contributed by atoms with Crippen LogP contribution in [0.3, 0.4) is 0 Å². The molecule has 1 aromatic heterocycles. The normalized spacial score (nSPS) is 14.9. The maximum absolute atomic E-state index is 13.1. The lowest BCUT2D eigenvalue weighted by atomic mass is 10.0. The first-order valence-corrected chi connectivity index (χ1v) is 11.7. The van der Waals surface area contributed by atoms with Gasteiger partial charge in [-0.1, -0.05) is 67.8 Å². The first-order chi connectivity index (χ1) is 14.8. The molecule has 0 unspecified atom stereocenters. The van der Waals surface area contributed by atoms with Gasteiger partial charge in [0.25, 0.3) is 0 Å². The summed E-state index contributed by atoms with van der Waals surface area (Å²) in [6.45, 7) is 0. The molecule has 3 nitrogen and oxygen atoms in total. The van der Waals surface area contributed by atoms with E-state index in [1.54, 1.807) is 0 Å². The average molecular weight is 417 g/mol. The lowest BCUT2D eigenvalue weighted by Gasteiger charge is -2.20. The topological polar surface area (TPSA) is 39.4 Å². The second-order valence-corrected chi connectivity index (χ2v) is 9.16. The quantitative estimate of drug-likeness (QED) is 0.251. The van der Waals surface area contributed by atoms with Gasteiger partial charge in [0.1, 0.15) is 11.3 Å². The summed E-state index contributed by atoms with van der Waals surface area (Å²) in [6.07, 6.45) is 6.48. The Bertz CT molecular complexity index is 1190. The minimum absolute atomic E-state index is 0.327. The highest BCUT2D eigenvalue weighted by atomic mass is 32.2. The number of furan rings is 1. The monoisotopic (exact) mass is 416 g/mol. The summed E-state index contributed by atoms with van der Waals surface area (Å²) in [5, 5.41) is 3.83. The summed E-state index contributed by atoms with van der Waals surface area (Å²) in [4.78, 5) is 13.1. The van der Waals surface area contributed by atoms with Crippen molar-refractivity contribution in [3.63, 3.8) is 0 Å². The molecule has 0 aliphatic heterocycles. The molecule has 0 bridgehead atoms. The van der Waals surface area contributed by atoms with Crippen molar-refractivity contribution < 1.29 is 13.9 Å². The van der Waals surface area contributed by atoms with Crippen molar-refractivity contribution in [1.82, 2.24) is 0 Å². The van der Waals surface area contributed by atoms with Gasteiger partial charge in [0.05, 0.1) is 0 Å². The molecule has 4 heteroatoms. The molecule has 4 aromatic rings. The minimum atomic E-state index is -0.430. The van der Waals surface area contributed by atoms with E-state index in [0.717, 1.165) is 33.1 Å². The Labute approximate surface area is 180 Å². The molecule has 0 N–H and O–H groups in total. The highest BCUT2D eigenvalue weighted by Crippen LogP contribution is 2.35. The van der Waals surface area contributed by atoms with Crippen molar-refractivity contribution in [2.24, 2.45) is 0 Å². The van der Waals surface area contributed by atoms with E-state index in [9.17, 15) is 4.79 Å². The van der Waals surface area contributed by atoms with Crippen molar-refractivity contribution in [1.29, 1.82) is 0 Å². The van der Waals surface area contributed by atoms with Gasteiger partial charge in [-0.2, -0.15) is 11.8 Å². The number of esters is 1. The van der Waals surface area contributed by atoms with Gasteiger partial charge in [0.15, 0.2) is 0 Å². The Balaban J connectivity index is 1.42. The summed E-state index contributed by atoms with van der Waals surface area (Å²) in [7, 11) is 0. The SMILES string of the molecule is O=C(Oc1ccc2ccccc2c1)c1oc2ccccc2c1CSC1CCCCC1. The van der Waals surface area contributed by atoms with Crippen LogP contribution < -0.4 is 4.74 Å². The van der Waals surface area contributed by atoms with E-state index < -0.39 is 5.97 Å². The number of thioether (sulfide) groups is 1. The third-order valence-corrected chi connectivity index (χ3v) is 7.23. The Morgan fingerprint density at radius 1 is 0.933 bits per heavy atom. The molecule has 5 rings (SSSR count). The zero-order valence-electron chi connectivity index (χ0n) is 16.8. The van der Waals surface area contributed by atoms with Crippen LogP contribution in [0.25, 0.3) is 21.7 Å². The van der Waals surface area contributed by atoms with Crippen molar-refractivity contribution in [2.75, 3.05) is 0 Å². The molecule has 3 aromatic carbocycles. The Morgan fingerprint density at radius 3 is 2.57 bits per heavy atom. The van der Waals surface area contributed by atoms with Crippen LogP contribution in [-0.2, 0) is 5.75 Å². The Morgan fingerprint density at radius 2 is 1.70 bits per heavy atom. The predicted molar refractivity (Wildman–Crippen MR) is 123 cm³/mol. The zero-order valence-corrected chi connectivity index (χ0v) is 17.6. The molecule has 0 atom stereocenters. The van der Waals surface area contributed by atoms with E-state index in [1.165, 1.54) is 32.1 Å². The highest BCUT2D eigenvalue weighted by molar-refractivity contribution is 7.99. The van der Waals surface area contributed by atoms with Crippen molar-refractivity contribution in [3.05, 3.63) is 78.1 Å². The molecule has 0 spiro atoms. The van der Waals surface area contributed by atoms with Crippen LogP contribution in [0.4, 0.5) is 0 Å². The number of rotatable bonds is 5. The fourth-order valence-electron chi connectivity index (χ4n) is 4.22. The first kappa shape index (κ1) is 19.3. The third kappa shape index (κ3) is 3.97. The fourth-order valence-corrected chi connectivity index (χ4v) is 5.58. The predicted octanol–water partition coefficient (Wildman–Crippen LogP) is 7.37. The number of ether oxygens (including phenoxy) is 1. The van der Waals surface area contributed by atoms with E-state index in [0.29, 0.717) is 16.8 Å². The van der Waals surface area contributed by atoms with Gasteiger partial charge >= 0.3 is 5.97 Å². The summed E-state index contributed by atoms with van der Waals surface area (Å²) in [6, 6.07) is 21.6. The molecule has 0 amide bonds. The highest BCUT2D eigenvalue weighted by Gasteiger charge is 2.24. The Hall–Kier alpha value is -2.72. The van der Waals surface area contributed by atoms with Crippen LogP contribution in [0, 0.1) is 0 Å². The average Bonchev–Trinajstić information content (AvgIpc) is 3.17. The second-order valence-electron chi connectivity index (χ2n) is 7.88. The molecule has 1 fully saturated rings. The number of carbonyl (C=O) groups excluding carboxylic acids is 1. The van der Waals surface area contributed by atoms with Gasteiger partial charge in [0, 0.05) is 22.0 Å². The number of para-hydroxylation sites is 1. The van der Waals surface area contributed by atoms with E-state index in [1.807, 2.05) is 78.5 Å². The number of hydrogen-bond donors (Lipinski definition) is 0. The summed E-state index contributed by atoms with van der Waals surface area (Å²) < 4.78 is 11.7. The summed E-state index contributed by atoms with van der Waals surface area (Å²) in [5.41, 5.74) is 1.69. The maximum atomic E-state index is 13.1. The van der Waals surface area contributed by atoms with E-state index in [2.05, 4.69) is 0 Å². The van der Waals surface area contributed by atoms with Crippen LogP contribution >= 0.6 is 11.8 Å². The van der Waals surface area contributed by atoms with Crippen LogP contribution in [0.5, 0.6) is 5.75 Å². The van der Waals surface area contributed by atoms with Crippen LogP contribution in [0.1, 0.15) is 48.2 Å². The van der Waals surface area contributed by atoms with Crippen LogP contribution in [0.15, 0.2) is 71.1 Å². The number of carbonyl (C=O) groups is 1. The smallest absolute Gasteiger partial charge is 0.379 e. The van der Waals surface area contributed by atoms with E-state index >= 15 is 0 Å². The maximum Gasteiger partial charge on any atom is 0.379 e. The molecule has 0 saturated heterocycles. The second kappa shape index (κ2) is 8.57. The number of fused-ring (bicyclic) bond motifs is 2. The van der Waals surface area contributed by atoms with Gasteiger partial charge in [-0.3, -0.25) is 0 Å². The van der Waals surface area contributed by atoms with Gasteiger partial charge in [-0.15, -0.1) is 0 Å². The lowest BCUT2D eigenvalue weighted by molar-refractivity contribution is 0.0703. The van der Waals surface area contributed by atoms with Gasteiger partial charge in [0.2, 0.25) is 5.76 Å². The summed E-state index contributed by atoms with van der Waals surface area (Å²) in [5.74, 6) is 1.20. The molecule has 0 radical (unpaired) electrons. The van der Waals surface area contributed by atoms with Gasteiger partial charge in [-0.05, 0) is 41.8 Å². The van der Waals surface area contributed by atoms with Crippen molar-refractivity contribution in [2.45, 2.75) is 43.1 Å². The molecule has 1 heterocycles. The molecule has 30 heavy (non-hydrogen) atoms. The molecule has 1 aliphatic rings. The van der Waals surface area contributed by atoms with Crippen molar-refractivity contribution in [3.8, 4) is 5.75 Å². The Kier molecular flexibility index (Phi) is 5.50. The largest absolute Gasteiger partial charge is 0.449 e. The molecule has 1 aliphatic carbocycles. The van der Waals surface area contributed by atoms with Gasteiger partial charge < -0.3 is 9.15 Å². The van der Waals surface area contributed by atoms with E-state index in [-0.39, 0.29) is 0 Å². The van der Waals surface area contributed by atoms with Crippen LogP contribution in [0.2, 0.25) is 0 Å². The third-order valence-electron chi connectivity index (χ3n) is 5.83. The number of hydrogen-bond acceptors (Lipinski definition) is 4. The molecular weight excluding hydrogens is 392 g/mol. The summed E-state index contributed by atoms with van der Waals surface area (Å²) >= 11 is 1.94. The number of benzene rings is 3.